The normalized spacial score (nSPS) is 16.5. The van der Waals surface area contributed by atoms with Crippen molar-refractivity contribution in [2.45, 2.75) is 25.1 Å². The van der Waals surface area contributed by atoms with Crippen LogP contribution in [0, 0.1) is 5.92 Å². The van der Waals surface area contributed by atoms with Crippen LogP contribution in [-0.4, -0.2) is 46.3 Å². The first-order valence-corrected chi connectivity index (χ1v) is 13.8. The Morgan fingerprint density at radius 2 is 1.97 bits per heavy atom. The molecule has 1 amide bonds. The Labute approximate surface area is 221 Å². The van der Waals surface area contributed by atoms with E-state index in [1.54, 1.807) is 11.8 Å². The van der Waals surface area contributed by atoms with Crippen LogP contribution in [0.1, 0.15) is 24.3 Å². The Bertz CT molecular complexity index is 1090. The predicted molar refractivity (Wildman–Crippen MR) is 141 cm³/mol. The number of piperidine rings is 1. The Kier molecular flexibility index (Phi) is 9.31. The molecule has 1 aromatic heterocycles. The van der Waals surface area contributed by atoms with E-state index in [0.717, 1.165) is 46.5 Å². The van der Waals surface area contributed by atoms with E-state index in [9.17, 15) is 4.79 Å². The molecule has 1 unspecified atom stereocenters. The van der Waals surface area contributed by atoms with Gasteiger partial charge in [0.2, 0.25) is 17.6 Å². The van der Waals surface area contributed by atoms with E-state index >= 15 is 0 Å². The monoisotopic (exact) mass is 582 g/mol. The van der Waals surface area contributed by atoms with Gasteiger partial charge in [-0.1, -0.05) is 50.4 Å². The number of nitrogens with one attached hydrogen (secondary N) is 1. The summed E-state index contributed by atoms with van der Waals surface area (Å²) in [5, 5.41) is 8.53. The molecule has 1 aliphatic rings. The molecule has 6 nitrogen and oxygen atoms in total. The zero-order valence-corrected chi connectivity index (χ0v) is 22.4. The number of benzene rings is 2. The highest BCUT2D eigenvalue weighted by molar-refractivity contribution is 9.10. The van der Waals surface area contributed by atoms with Crippen LogP contribution in [0.4, 0.5) is 0 Å². The Balaban J connectivity index is 1.20. The number of carbonyl (C=O) groups is 1. The molecular weight excluding hydrogens is 559 g/mol. The van der Waals surface area contributed by atoms with Gasteiger partial charge < -0.3 is 9.84 Å². The second-order valence-electron chi connectivity index (χ2n) is 8.14. The highest BCUT2D eigenvalue weighted by atomic mass is 79.9. The topological polar surface area (TPSA) is 71.3 Å². The molecule has 0 aliphatic carbocycles. The summed E-state index contributed by atoms with van der Waals surface area (Å²) in [5.41, 5.74) is 1.85. The standard InChI is InChI=1S/C24H25BrCl2N4O2S/c25-18-8-6-16(7-9-18)23-29-22(33-30-23)14-31-11-2-3-17(13-31)24(32)28-10-12-34-15-19-20(26)4-1-5-21(19)27/h1,4-9,17H,2-3,10-15H2,(H,28,32). The first kappa shape index (κ1) is 25.5. The number of likely N-dealkylation sites (tertiary alicyclic amines) is 1. The number of hydrogen-bond acceptors (Lipinski definition) is 6. The lowest BCUT2D eigenvalue weighted by Gasteiger charge is -2.30. The van der Waals surface area contributed by atoms with E-state index in [0.29, 0.717) is 41.4 Å². The number of carbonyl (C=O) groups excluding carboxylic acids is 1. The van der Waals surface area contributed by atoms with E-state index in [1.807, 2.05) is 42.5 Å². The Hall–Kier alpha value is -1.58. The molecule has 1 fully saturated rings. The molecule has 1 aliphatic heterocycles. The molecule has 180 valence electrons. The average Bonchev–Trinajstić information content (AvgIpc) is 3.29. The van der Waals surface area contributed by atoms with Crippen LogP contribution in [0.25, 0.3) is 11.4 Å². The number of aromatic nitrogens is 2. The number of hydrogen-bond donors (Lipinski definition) is 1. The van der Waals surface area contributed by atoms with E-state index in [1.165, 1.54) is 0 Å². The van der Waals surface area contributed by atoms with Crippen LogP contribution in [0.3, 0.4) is 0 Å². The third-order valence-electron chi connectivity index (χ3n) is 5.66. The minimum Gasteiger partial charge on any atom is -0.355 e. The van der Waals surface area contributed by atoms with Crippen molar-refractivity contribution in [2.24, 2.45) is 5.92 Å². The molecule has 2 heterocycles. The fraction of sp³-hybridized carbons (Fsp3) is 0.375. The van der Waals surface area contributed by atoms with Crippen LogP contribution in [0.15, 0.2) is 51.5 Å². The molecule has 0 spiro atoms. The zero-order chi connectivity index (χ0) is 23.9. The summed E-state index contributed by atoms with van der Waals surface area (Å²) in [6, 6.07) is 13.3. The molecular formula is C24H25BrCl2N4O2S. The lowest BCUT2D eigenvalue weighted by Crippen LogP contribution is -2.43. The first-order chi connectivity index (χ1) is 16.5. The van der Waals surface area contributed by atoms with Gasteiger partial charge in [-0.05, 0) is 61.3 Å². The predicted octanol–water partition coefficient (Wildman–Crippen LogP) is 6.07. The second kappa shape index (κ2) is 12.4. The molecule has 10 heteroatoms. The summed E-state index contributed by atoms with van der Waals surface area (Å²) in [6.45, 7) is 2.75. The molecule has 3 aromatic rings. The molecule has 1 N–H and O–H groups in total. The van der Waals surface area contributed by atoms with Gasteiger partial charge in [-0.25, -0.2) is 0 Å². The highest BCUT2D eigenvalue weighted by Crippen LogP contribution is 2.28. The van der Waals surface area contributed by atoms with Crippen LogP contribution < -0.4 is 5.32 Å². The van der Waals surface area contributed by atoms with Crippen molar-refractivity contribution in [1.82, 2.24) is 20.4 Å². The van der Waals surface area contributed by atoms with Crippen LogP contribution >= 0.6 is 50.9 Å². The van der Waals surface area contributed by atoms with Gasteiger partial charge in [0.25, 0.3) is 0 Å². The molecule has 0 saturated carbocycles. The number of rotatable bonds is 9. The molecule has 34 heavy (non-hydrogen) atoms. The van der Waals surface area contributed by atoms with Crippen molar-refractivity contribution >= 4 is 56.8 Å². The van der Waals surface area contributed by atoms with Gasteiger partial charge in [-0.3, -0.25) is 9.69 Å². The fourth-order valence-corrected chi connectivity index (χ4v) is 5.73. The van der Waals surface area contributed by atoms with E-state index in [-0.39, 0.29) is 11.8 Å². The summed E-state index contributed by atoms with van der Waals surface area (Å²) >= 11 is 17.6. The number of halogens is 3. The SMILES string of the molecule is O=C(NCCSCc1c(Cl)cccc1Cl)C1CCCN(Cc2nc(-c3ccc(Br)cc3)no2)C1. The van der Waals surface area contributed by atoms with Gasteiger partial charge in [-0.2, -0.15) is 16.7 Å². The number of amides is 1. The molecule has 0 radical (unpaired) electrons. The number of thioether (sulfide) groups is 1. The summed E-state index contributed by atoms with van der Waals surface area (Å²) in [4.78, 5) is 19.4. The van der Waals surface area contributed by atoms with Gasteiger partial charge in [0, 0.05) is 44.7 Å². The van der Waals surface area contributed by atoms with Crippen molar-refractivity contribution in [2.75, 3.05) is 25.4 Å². The largest absolute Gasteiger partial charge is 0.355 e. The fourth-order valence-electron chi connectivity index (χ4n) is 3.87. The molecule has 2 aromatic carbocycles. The highest BCUT2D eigenvalue weighted by Gasteiger charge is 2.26. The smallest absolute Gasteiger partial charge is 0.241 e. The molecule has 1 atom stereocenters. The molecule has 1 saturated heterocycles. The lowest BCUT2D eigenvalue weighted by atomic mass is 9.97. The van der Waals surface area contributed by atoms with Crippen molar-refractivity contribution in [3.05, 3.63) is 68.4 Å². The van der Waals surface area contributed by atoms with E-state index in [4.69, 9.17) is 27.7 Å². The summed E-state index contributed by atoms with van der Waals surface area (Å²) in [7, 11) is 0. The van der Waals surface area contributed by atoms with Crippen LogP contribution in [-0.2, 0) is 17.1 Å². The summed E-state index contributed by atoms with van der Waals surface area (Å²) in [5.74, 6) is 2.72. The van der Waals surface area contributed by atoms with Gasteiger partial charge >= 0.3 is 0 Å². The van der Waals surface area contributed by atoms with Crippen molar-refractivity contribution < 1.29 is 9.32 Å². The third-order valence-corrected chi connectivity index (χ3v) is 7.88. The van der Waals surface area contributed by atoms with Gasteiger partial charge in [0.15, 0.2) is 0 Å². The first-order valence-electron chi connectivity index (χ1n) is 11.1. The zero-order valence-electron chi connectivity index (χ0n) is 18.5. The maximum absolute atomic E-state index is 12.7. The molecule has 0 bridgehead atoms. The minimum absolute atomic E-state index is 0.0365. The maximum Gasteiger partial charge on any atom is 0.241 e. The van der Waals surface area contributed by atoms with Crippen molar-refractivity contribution in [1.29, 1.82) is 0 Å². The van der Waals surface area contributed by atoms with E-state index < -0.39 is 0 Å². The lowest BCUT2D eigenvalue weighted by molar-refractivity contribution is -0.126. The van der Waals surface area contributed by atoms with Crippen molar-refractivity contribution in [3.8, 4) is 11.4 Å². The quantitative estimate of drug-likeness (QED) is 0.308. The number of nitrogens with zero attached hydrogens (tertiary/aromatic N) is 3. The van der Waals surface area contributed by atoms with E-state index in [2.05, 4.69) is 36.3 Å². The van der Waals surface area contributed by atoms with Crippen molar-refractivity contribution in [3.63, 3.8) is 0 Å². The second-order valence-corrected chi connectivity index (χ2v) is 11.0. The Morgan fingerprint density at radius 3 is 2.74 bits per heavy atom. The minimum atomic E-state index is -0.0365. The summed E-state index contributed by atoms with van der Waals surface area (Å²) < 4.78 is 6.46. The van der Waals surface area contributed by atoms with Gasteiger partial charge in [-0.15, -0.1) is 0 Å². The third kappa shape index (κ3) is 6.98. The Morgan fingerprint density at radius 1 is 1.21 bits per heavy atom. The van der Waals surface area contributed by atoms with Crippen LogP contribution in [0.5, 0.6) is 0 Å². The average molecular weight is 584 g/mol. The maximum atomic E-state index is 12.7. The van der Waals surface area contributed by atoms with Gasteiger partial charge in [0.1, 0.15) is 0 Å². The molecule has 4 rings (SSSR count). The van der Waals surface area contributed by atoms with Gasteiger partial charge in [0.05, 0.1) is 12.5 Å². The van der Waals surface area contributed by atoms with Crippen LogP contribution in [0.2, 0.25) is 10.0 Å². The summed E-state index contributed by atoms with van der Waals surface area (Å²) in [6.07, 6.45) is 1.85.